The second-order valence-electron chi connectivity index (χ2n) is 5.63. The van der Waals surface area contributed by atoms with Crippen molar-refractivity contribution in [1.29, 1.82) is 0 Å². The topological polar surface area (TPSA) is 74.6 Å². The van der Waals surface area contributed by atoms with E-state index in [2.05, 4.69) is 10.2 Å². The molecule has 1 aromatic heterocycles. The Balaban J connectivity index is 2.23. The van der Waals surface area contributed by atoms with E-state index in [1.54, 1.807) is 17.7 Å². The number of aromatic nitrogens is 1. The Kier molecular flexibility index (Phi) is 3.62. The number of aryl methyl sites for hydroxylation is 2. The number of anilines is 1. The first-order valence-corrected chi connectivity index (χ1v) is 7.32. The molecule has 22 heavy (non-hydrogen) atoms. The number of carboxylic acids is 1. The molecule has 3 rings (SSSR count). The van der Waals surface area contributed by atoms with Gasteiger partial charge in [-0.05, 0) is 24.6 Å². The summed E-state index contributed by atoms with van der Waals surface area (Å²) in [5, 5.41) is 12.9. The van der Waals surface area contributed by atoms with Gasteiger partial charge in [-0.3, -0.25) is 4.79 Å². The van der Waals surface area contributed by atoms with E-state index in [1.165, 1.54) is 6.20 Å². The molecule has 0 bridgehead atoms. The smallest absolute Gasteiger partial charge is 0.341 e. The Morgan fingerprint density at radius 1 is 1.27 bits per heavy atom. The molecule has 0 radical (unpaired) electrons. The van der Waals surface area contributed by atoms with E-state index < -0.39 is 11.4 Å². The minimum atomic E-state index is -1.19. The molecule has 1 aliphatic rings. The number of hydrogen-bond donors (Lipinski definition) is 2. The van der Waals surface area contributed by atoms with Gasteiger partial charge in [-0.2, -0.15) is 0 Å². The molecule has 1 aromatic carbocycles. The first kappa shape index (κ1) is 14.6. The van der Waals surface area contributed by atoms with Crippen LogP contribution in [0, 0.1) is 6.92 Å². The number of benzene rings is 1. The standard InChI is InChI=1S/C16H19N3O3/c1-10-13(19-7-5-17-6-8-19)4-3-11-14(10)18(2)9-12(15(11)20)16(21)22/h3-4,9,17H,5-8H2,1-2H3,(H,21,22). The summed E-state index contributed by atoms with van der Waals surface area (Å²) in [6.45, 7) is 5.71. The highest BCUT2D eigenvalue weighted by Gasteiger charge is 2.18. The molecule has 6 heteroatoms. The normalized spacial score (nSPS) is 15.3. The van der Waals surface area contributed by atoms with Crippen molar-refractivity contribution in [1.82, 2.24) is 9.88 Å². The van der Waals surface area contributed by atoms with Crippen molar-refractivity contribution < 1.29 is 9.90 Å². The summed E-state index contributed by atoms with van der Waals surface area (Å²) in [6, 6.07) is 3.67. The number of nitrogens with zero attached hydrogens (tertiary/aromatic N) is 2. The molecule has 0 aliphatic carbocycles. The summed E-state index contributed by atoms with van der Waals surface area (Å²) in [5.74, 6) is -1.19. The van der Waals surface area contributed by atoms with E-state index in [0.717, 1.165) is 42.9 Å². The van der Waals surface area contributed by atoms with Crippen molar-refractivity contribution in [3.8, 4) is 0 Å². The lowest BCUT2D eigenvalue weighted by atomic mass is 10.0. The minimum absolute atomic E-state index is 0.190. The fourth-order valence-electron chi connectivity index (χ4n) is 3.19. The van der Waals surface area contributed by atoms with Gasteiger partial charge in [0.1, 0.15) is 5.56 Å². The number of rotatable bonds is 2. The maximum absolute atomic E-state index is 12.3. The molecule has 116 valence electrons. The SMILES string of the molecule is Cc1c(N2CCNCC2)ccc2c(=O)c(C(=O)O)cn(C)c12. The average molecular weight is 301 g/mol. The third kappa shape index (κ3) is 2.25. The van der Waals surface area contributed by atoms with E-state index in [9.17, 15) is 9.59 Å². The summed E-state index contributed by atoms with van der Waals surface area (Å²) >= 11 is 0. The zero-order valence-electron chi connectivity index (χ0n) is 12.7. The van der Waals surface area contributed by atoms with Gasteiger partial charge >= 0.3 is 5.97 Å². The van der Waals surface area contributed by atoms with Gasteiger partial charge in [0.15, 0.2) is 0 Å². The lowest BCUT2D eigenvalue weighted by Gasteiger charge is -2.31. The van der Waals surface area contributed by atoms with Crippen LogP contribution in [-0.2, 0) is 7.05 Å². The molecule has 0 atom stereocenters. The quantitative estimate of drug-likeness (QED) is 0.864. The van der Waals surface area contributed by atoms with Gasteiger partial charge in [0.25, 0.3) is 0 Å². The molecule has 1 fully saturated rings. The van der Waals surface area contributed by atoms with E-state index in [1.807, 2.05) is 13.0 Å². The van der Waals surface area contributed by atoms with Crippen LogP contribution in [0.25, 0.3) is 10.9 Å². The van der Waals surface area contributed by atoms with Gasteiger partial charge < -0.3 is 19.9 Å². The molecule has 1 aliphatic heterocycles. The predicted molar refractivity (Wildman–Crippen MR) is 86.0 cm³/mol. The number of piperazine rings is 1. The summed E-state index contributed by atoms with van der Waals surface area (Å²) in [5.41, 5.74) is 2.30. The highest BCUT2D eigenvalue weighted by molar-refractivity contribution is 5.94. The third-order valence-electron chi connectivity index (χ3n) is 4.26. The average Bonchev–Trinajstić information content (AvgIpc) is 2.51. The molecule has 1 saturated heterocycles. The van der Waals surface area contributed by atoms with Crippen LogP contribution < -0.4 is 15.6 Å². The molecule has 0 unspecified atom stereocenters. The number of pyridine rings is 1. The molecule has 0 spiro atoms. The van der Waals surface area contributed by atoms with Crippen molar-refractivity contribution >= 4 is 22.6 Å². The van der Waals surface area contributed by atoms with Crippen LogP contribution in [0.15, 0.2) is 23.1 Å². The number of carbonyl (C=O) groups is 1. The van der Waals surface area contributed by atoms with E-state index in [-0.39, 0.29) is 5.56 Å². The highest BCUT2D eigenvalue weighted by Crippen LogP contribution is 2.27. The number of carboxylic acid groups (broad SMARTS) is 1. The first-order valence-electron chi connectivity index (χ1n) is 7.32. The van der Waals surface area contributed by atoms with Crippen LogP contribution in [0.1, 0.15) is 15.9 Å². The lowest BCUT2D eigenvalue weighted by Crippen LogP contribution is -2.43. The minimum Gasteiger partial charge on any atom is -0.477 e. The van der Waals surface area contributed by atoms with Crippen LogP contribution in [-0.4, -0.2) is 41.8 Å². The second kappa shape index (κ2) is 5.46. The Morgan fingerprint density at radius 2 is 1.95 bits per heavy atom. The number of nitrogens with one attached hydrogen (secondary N) is 1. The summed E-state index contributed by atoms with van der Waals surface area (Å²) in [6.07, 6.45) is 1.40. The lowest BCUT2D eigenvalue weighted by molar-refractivity contribution is 0.0695. The van der Waals surface area contributed by atoms with Gasteiger partial charge in [-0.1, -0.05) is 0 Å². The van der Waals surface area contributed by atoms with Crippen molar-refractivity contribution in [2.24, 2.45) is 7.05 Å². The van der Waals surface area contributed by atoms with E-state index >= 15 is 0 Å². The number of aromatic carboxylic acids is 1. The fraction of sp³-hybridized carbons (Fsp3) is 0.375. The van der Waals surface area contributed by atoms with E-state index in [0.29, 0.717) is 5.39 Å². The van der Waals surface area contributed by atoms with Gasteiger partial charge in [0.05, 0.1) is 5.52 Å². The molecule has 2 N–H and O–H groups in total. The maximum Gasteiger partial charge on any atom is 0.341 e. The summed E-state index contributed by atoms with van der Waals surface area (Å²) in [7, 11) is 1.78. The van der Waals surface area contributed by atoms with Crippen LogP contribution in [0.3, 0.4) is 0 Å². The Bertz CT molecular complexity index is 804. The monoisotopic (exact) mass is 301 g/mol. The Morgan fingerprint density at radius 3 is 2.59 bits per heavy atom. The predicted octanol–water partition coefficient (Wildman–Crippen LogP) is 0.955. The van der Waals surface area contributed by atoms with Gasteiger partial charge in [-0.25, -0.2) is 4.79 Å². The van der Waals surface area contributed by atoms with Gasteiger partial charge in [-0.15, -0.1) is 0 Å². The van der Waals surface area contributed by atoms with Gasteiger partial charge in [0.2, 0.25) is 5.43 Å². The van der Waals surface area contributed by atoms with Crippen LogP contribution in [0.4, 0.5) is 5.69 Å². The Hall–Kier alpha value is -2.34. The number of fused-ring (bicyclic) bond motifs is 1. The van der Waals surface area contributed by atoms with Crippen LogP contribution >= 0.6 is 0 Å². The molecular weight excluding hydrogens is 282 g/mol. The highest BCUT2D eigenvalue weighted by atomic mass is 16.4. The summed E-state index contributed by atoms with van der Waals surface area (Å²) in [4.78, 5) is 25.8. The van der Waals surface area contributed by atoms with Crippen molar-refractivity contribution in [3.63, 3.8) is 0 Å². The zero-order chi connectivity index (χ0) is 15.9. The van der Waals surface area contributed by atoms with Crippen LogP contribution in [0.2, 0.25) is 0 Å². The number of hydrogen-bond acceptors (Lipinski definition) is 4. The summed E-state index contributed by atoms with van der Waals surface area (Å²) < 4.78 is 1.74. The van der Waals surface area contributed by atoms with Crippen molar-refractivity contribution in [2.75, 3.05) is 31.1 Å². The van der Waals surface area contributed by atoms with Crippen molar-refractivity contribution in [2.45, 2.75) is 6.92 Å². The zero-order valence-corrected chi connectivity index (χ0v) is 12.7. The molecular formula is C16H19N3O3. The molecule has 2 heterocycles. The van der Waals surface area contributed by atoms with E-state index in [4.69, 9.17) is 5.11 Å². The fourth-order valence-corrected chi connectivity index (χ4v) is 3.19. The second-order valence-corrected chi connectivity index (χ2v) is 5.63. The third-order valence-corrected chi connectivity index (χ3v) is 4.26. The molecule has 6 nitrogen and oxygen atoms in total. The Labute approximate surface area is 128 Å². The van der Waals surface area contributed by atoms with Gasteiger partial charge in [0, 0.05) is 50.5 Å². The molecule has 2 aromatic rings. The molecule has 0 saturated carbocycles. The molecule has 0 amide bonds. The first-order chi connectivity index (χ1) is 10.5. The maximum atomic E-state index is 12.3. The van der Waals surface area contributed by atoms with Crippen LogP contribution in [0.5, 0.6) is 0 Å². The largest absolute Gasteiger partial charge is 0.477 e. The van der Waals surface area contributed by atoms with Crippen molar-refractivity contribution in [3.05, 3.63) is 39.7 Å².